The molecule has 292 valence electrons. The number of halogens is 1. The van der Waals surface area contributed by atoms with Gasteiger partial charge in [-0.3, -0.25) is 34.2 Å². The van der Waals surface area contributed by atoms with Crippen LogP contribution in [0.25, 0.3) is 22.3 Å². The molecule has 57 heavy (non-hydrogen) atoms. The maximum absolute atomic E-state index is 15.1. The maximum Gasteiger partial charge on any atom is 0.262 e. The summed E-state index contributed by atoms with van der Waals surface area (Å²) in [5, 5.41) is 7.81. The van der Waals surface area contributed by atoms with Gasteiger partial charge in [0.1, 0.15) is 41.2 Å². The summed E-state index contributed by atoms with van der Waals surface area (Å²) in [7, 11) is 0. The third kappa shape index (κ3) is 7.68. The summed E-state index contributed by atoms with van der Waals surface area (Å²) in [5.41, 5.74) is 8.43. The Bertz CT molecular complexity index is 2390. The first-order valence-electron chi connectivity index (χ1n) is 18.9. The summed E-state index contributed by atoms with van der Waals surface area (Å²) in [4.78, 5) is 75.2. The van der Waals surface area contributed by atoms with Crippen LogP contribution in [-0.4, -0.2) is 84.0 Å². The minimum Gasteiger partial charge on any atom is -0.457 e. The number of benzene rings is 3. The second-order valence-electron chi connectivity index (χ2n) is 14.3. The lowest BCUT2D eigenvalue weighted by atomic mass is 10.0. The molecule has 5 heterocycles. The molecule has 0 bridgehead atoms. The Morgan fingerprint density at radius 3 is 2.46 bits per heavy atom. The maximum atomic E-state index is 15.1. The van der Waals surface area contributed by atoms with E-state index in [0.717, 1.165) is 41.5 Å². The number of aromatic nitrogens is 4. The Morgan fingerprint density at radius 1 is 0.930 bits per heavy atom. The van der Waals surface area contributed by atoms with Crippen molar-refractivity contribution >= 4 is 58.1 Å². The average molecular weight is 791 g/mol. The number of nitrogens with one attached hydrogen (secondary N) is 1. The zero-order chi connectivity index (χ0) is 39.6. The smallest absolute Gasteiger partial charge is 0.262 e. The monoisotopic (exact) mass is 790 g/mol. The Kier molecular flexibility index (Phi) is 10.7. The number of carbonyl (C=O) groups is 5. The van der Waals surface area contributed by atoms with Crippen molar-refractivity contribution in [1.29, 1.82) is 0 Å². The summed E-state index contributed by atoms with van der Waals surface area (Å²) in [5.74, 6) is -0.896. The molecule has 0 saturated carbocycles. The molecule has 2 saturated heterocycles. The van der Waals surface area contributed by atoms with Crippen LogP contribution in [-0.2, 0) is 14.4 Å². The second kappa shape index (κ2) is 16.1. The number of piperidine rings is 2. The van der Waals surface area contributed by atoms with E-state index in [1.807, 2.05) is 64.2 Å². The molecule has 5 aromatic rings. The van der Waals surface area contributed by atoms with Gasteiger partial charge in [0.25, 0.3) is 11.8 Å². The Hall–Kier alpha value is -6.16. The van der Waals surface area contributed by atoms with Crippen LogP contribution < -0.4 is 15.8 Å². The molecule has 3 aromatic carbocycles. The number of thioether (sulfide) groups is 1. The first-order valence-corrected chi connectivity index (χ1v) is 19.9. The van der Waals surface area contributed by atoms with E-state index in [0.29, 0.717) is 66.4 Å². The van der Waals surface area contributed by atoms with Crippen LogP contribution in [0.3, 0.4) is 0 Å². The van der Waals surface area contributed by atoms with Gasteiger partial charge >= 0.3 is 0 Å². The van der Waals surface area contributed by atoms with Gasteiger partial charge in [0.2, 0.25) is 17.7 Å². The van der Waals surface area contributed by atoms with Crippen LogP contribution in [0, 0.1) is 5.82 Å². The number of anilines is 1. The highest BCUT2D eigenvalue weighted by molar-refractivity contribution is 7.99. The van der Waals surface area contributed by atoms with Gasteiger partial charge in [0, 0.05) is 36.4 Å². The topological polar surface area (TPSA) is 183 Å². The van der Waals surface area contributed by atoms with E-state index in [2.05, 4.69) is 15.3 Å². The number of fused-ring (bicyclic) bond motifs is 2. The molecule has 3 aliphatic rings. The summed E-state index contributed by atoms with van der Waals surface area (Å²) < 4.78 is 22.9. The second-order valence-corrected chi connectivity index (χ2v) is 15.4. The molecule has 0 radical (unpaired) electrons. The number of para-hydroxylation sites is 1. The fourth-order valence-electron chi connectivity index (χ4n) is 7.61. The van der Waals surface area contributed by atoms with E-state index in [-0.39, 0.29) is 40.8 Å². The van der Waals surface area contributed by atoms with Gasteiger partial charge in [-0.1, -0.05) is 24.6 Å². The molecular formula is C41H39FN8O6S. The molecule has 1 unspecified atom stereocenters. The van der Waals surface area contributed by atoms with Crippen molar-refractivity contribution in [2.45, 2.75) is 68.3 Å². The number of hydrogen-bond donors (Lipinski definition) is 2. The summed E-state index contributed by atoms with van der Waals surface area (Å²) >= 11 is 1.23. The van der Waals surface area contributed by atoms with Crippen molar-refractivity contribution in [2.75, 3.05) is 24.6 Å². The third-order valence-electron chi connectivity index (χ3n) is 10.5. The number of carbonyl (C=O) groups excluding carboxylic acids is 5. The highest BCUT2D eigenvalue weighted by atomic mass is 32.2. The van der Waals surface area contributed by atoms with E-state index in [9.17, 15) is 24.0 Å². The van der Waals surface area contributed by atoms with E-state index >= 15 is 4.39 Å². The molecule has 3 aliphatic heterocycles. The van der Waals surface area contributed by atoms with Crippen LogP contribution in [0.4, 0.5) is 10.2 Å². The molecule has 0 spiro atoms. The van der Waals surface area contributed by atoms with Crippen molar-refractivity contribution in [3.63, 3.8) is 0 Å². The molecule has 14 nitrogen and oxygen atoms in total. The summed E-state index contributed by atoms with van der Waals surface area (Å²) in [6.07, 6.45) is 5.55. The lowest BCUT2D eigenvalue weighted by Crippen LogP contribution is -2.54. The van der Waals surface area contributed by atoms with Crippen LogP contribution in [0.15, 0.2) is 78.0 Å². The van der Waals surface area contributed by atoms with E-state index < -0.39 is 35.5 Å². The van der Waals surface area contributed by atoms with Gasteiger partial charge in [0.05, 0.1) is 22.6 Å². The number of nitrogen functional groups attached to an aromatic ring is 1. The molecule has 16 heteroatoms. The largest absolute Gasteiger partial charge is 0.457 e. The molecule has 2 fully saturated rings. The number of nitrogens with two attached hydrogens (primary N) is 1. The lowest BCUT2D eigenvalue weighted by Gasteiger charge is -2.33. The van der Waals surface area contributed by atoms with Crippen molar-refractivity contribution in [1.82, 2.24) is 34.9 Å². The van der Waals surface area contributed by atoms with Crippen molar-refractivity contribution in [3.8, 4) is 22.8 Å². The molecule has 3 N–H and O–H groups in total. The first kappa shape index (κ1) is 37.7. The van der Waals surface area contributed by atoms with E-state index in [1.54, 1.807) is 0 Å². The summed E-state index contributed by atoms with van der Waals surface area (Å²) in [6, 6.07) is 18.3. The average Bonchev–Trinajstić information content (AvgIpc) is 3.72. The Morgan fingerprint density at radius 2 is 1.68 bits per heavy atom. The lowest BCUT2D eigenvalue weighted by molar-refractivity contribution is -0.136. The van der Waals surface area contributed by atoms with Crippen molar-refractivity contribution in [3.05, 3.63) is 90.0 Å². The van der Waals surface area contributed by atoms with Gasteiger partial charge in [-0.2, -0.15) is 5.10 Å². The molecule has 2 atom stereocenters. The highest BCUT2D eigenvalue weighted by Crippen LogP contribution is 2.36. The van der Waals surface area contributed by atoms with Crippen molar-refractivity contribution < 1.29 is 33.1 Å². The quantitative estimate of drug-likeness (QED) is 0.0869. The minimum atomic E-state index is -1.12. The fourth-order valence-corrected chi connectivity index (χ4v) is 8.58. The van der Waals surface area contributed by atoms with E-state index in [4.69, 9.17) is 15.6 Å². The standard InChI is InChI=1S/C41H39FN8O6S/c42-30-20-28-29(41(55)49(40(28)54)31-16-17-33(51)46-39(31)53)21-32(30)57-19-6-2-5-11-34(52)48-18-7-8-25(22-48)50-38-35(37(43)44-23-45-38)36(47-50)24-12-14-27(15-13-24)56-26-9-3-1-4-10-26/h1,3-4,9-10,12-15,20-21,23,25,31H,2,5-8,11,16-19,22H2,(H2,43,44,45)(H,46,51,53)/t25-,31?/m1/s1. The predicted molar refractivity (Wildman–Crippen MR) is 209 cm³/mol. The number of rotatable bonds is 12. The first-order chi connectivity index (χ1) is 27.7. The van der Waals surface area contributed by atoms with Gasteiger partial charge in [-0.05, 0) is 86.4 Å². The number of ether oxygens (including phenoxy) is 1. The number of unbranched alkanes of at least 4 members (excludes halogenated alkanes) is 2. The van der Waals surface area contributed by atoms with Crippen LogP contribution >= 0.6 is 11.8 Å². The van der Waals surface area contributed by atoms with E-state index in [1.165, 1.54) is 24.2 Å². The third-order valence-corrected chi connectivity index (χ3v) is 11.6. The predicted octanol–water partition coefficient (Wildman–Crippen LogP) is 5.92. The number of hydrogen-bond acceptors (Lipinski definition) is 11. The molecule has 2 aromatic heterocycles. The molecule has 5 amide bonds. The van der Waals surface area contributed by atoms with Gasteiger partial charge in [0.15, 0.2) is 5.65 Å². The molecule has 0 aliphatic carbocycles. The van der Waals surface area contributed by atoms with Crippen LogP contribution in [0.1, 0.15) is 78.1 Å². The number of amides is 5. The van der Waals surface area contributed by atoms with Gasteiger partial charge < -0.3 is 15.4 Å². The van der Waals surface area contributed by atoms with Gasteiger partial charge in [-0.15, -0.1) is 11.8 Å². The number of likely N-dealkylation sites (tertiary alicyclic amines) is 1. The zero-order valence-electron chi connectivity index (χ0n) is 30.9. The SMILES string of the molecule is Nc1ncnc2c1c(-c1ccc(Oc3ccccc3)cc1)nn2[C@@H]1CCCN(C(=O)CCCCCSc2cc3c(cc2F)C(=O)N(C2CCC(=O)NC2=O)C3=O)C1. The van der Waals surface area contributed by atoms with Crippen molar-refractivity contribution in [2.24, 2.45) is 0 Å². The zero-order valence-corrected chi connectivity index (χ0v) is 31.7. The van der Waals surface area contributed by atoms with Gasteiger partial charge in [-0.25, -0.2) is 19.0 Å². The minimum absolute atomic E-state index is 0.00208. The Labute approximate surface area is 331 Å². The highest BCUT2D eigenvalue weighted by Gasteiger charge is 2.45. The normalized spacial score (nSPS) is 18.3. The number of imide groups is 2. The van der Waals surface area contributed by atoms with Crippen LogP contribution in [0.5, 0.6) is 11.5 Å². The summed E-state index contributed by atoms with van der Waals surface area (Å²) in [6.45, 7) is 1.13. The Balaban J connectivity index is 0.847. The van der Waals surface area contributed by atoms with Crippen LogP contribution in [0.2, 0.25) is 0 Å². The fraction of sp³-hybridized carbons (Fsp3) is 0.317. The molecule has 8 rings (SSSR count). The number of nitrogens with zero attached hydrogens (tertiary/aromatic N) is 6. The molecular weight excluding hydrogens is 752 g/mol.